The highest BCUT2D eigenvalue weighted by Crippen LogP contribution is 2.35. The molecule has 2 aromatic carbocycles. The molecule has 0 saturated carbocycles. The first-order valence-electron chi connectivity index (χ1n) is 10.3. The SMILES string of the molecule is CN(C)CC(=O)N1CC(N(C)Cc2ccc(C(F)(F)F)c(F)c2)[C@@H](c2ccc(Cl)c(Cl)c2)C1. The number of benzene rings is 2. The van der Waals surface area contributed by atoms with Crippen molar-refractivity contribution in [1.82, 2.24) is 14.7 Å². The van der Waals surface area contributed by atoms with E-state index in [9.17, 15) is 22.4 Å². The molecule has 2 atom stereocenters. The molecule has 0 aliphatic carbocycles. The lowest BCUT2D eigenvalue weighted by Gasteiger charge is -2.29. The van der Waals surface area contributed by atoms with Gasteiger partial charge in [0.1, 0.15) is 5.82 Å². The maximum absolute atomic E-state index is 14.1. The number of halogens is 6. The van der Waals surface area contributed by atoms with Gasteiger partial charge in [0.15, 0.2) is 0 Å². The molecule has 1 aliphatic rings. The van der Waals surface area contributed by atoms with Crippen LogP contribution in [0.25, 0.3) is 0 Å². The summed E-state index contributed by atoms with van der Waals surface area (Å²) in [6, 6.07) is 8.13. The average Bonchev–Trinajstić information content (AvgIpc) is 3.14. The summed E-state index contributed by atoms with van der Waals surface area (Å²) in [5.41, 5.74) is 0.0258. The predicted octanol–water partition coefficient (Wildman–Crippen LogP) is 5.14. The van der Waals surface area contributed by atoms with Crippen molar-refractivity contribution in [2.45, 2.75) is 24.7 Å². The molecule has 0 radical (unpaired) electrons. The molecule has 0 spiro atoms. The normalized spacial score (nSPS) is 19.1. The second-order valence-corrected chi connectivity index (χ2v) is 9.43. The van der Waals surface area contributed by atoms with E-state index in [1.165, 1.54) is 6.07 Å². The summed E-state index contributed by atoms with van der Waals surface area (Å²) in [6.45, 7) is 1.36. The van der Waals surface area contributed by atoms with Crippen LogP contribution in [0.2, 0.25) is 10.0 Å². The van der Waals surface area contributed by atoms with E-state index in [2.05, 4.69) is 0 Å². The lowest BCUT2D eigenvalue weighted by atomic mass is 9.93. The molecule has 1 saturated heterocycles. The molecule has 180 valence electrons. The van der Waals surface area contributed by atoms with Crippen LogP contribution in [-0.2, 0) is 17.5 Å². The van der Waals surface area contributed by atoms with E-state index in [1.54, 1.807) is 21.9 Å². The Kier molecular flexibility index (Phi) is 7.94. The van der Waals surface area contributed by atoms with Gasteiger partial charge in [0.05, 0.1) is 22.2 Å². The summed E-state index contributed by atoms with van der Waals surface area (Å²) >= 11 is 12.3. The van der Waals surface area contributed by atoms with Crippen LogP contribution in [0.4, 0.5) is 17.6 Å². The van der Waals surface area contributed by atoms with Gasteiger partial charge in [-0.25, -0.2) is 4.39 Å². The van der Waals surface area contributed by atoms with E-state index in [-0.39, 0.29) is 31.0 Å². The van der Waals surface area contributed by atoms with Gasteiger partial charge in [-0.05, 0) is 56.5 Å². The number of likely N-dealkylation sites (tertiary alicyclic amines) is 1. The number of alkyl halides is 3. The van der Waals surface area contributed by atoms with Crippen LogP contribution in [0.1, 0.15) is 22.6 Å². The summed E-state index contributed by atoms with van der Waals surface area (Å²) in [7, 11) is 5.44. The fourth-order valence-electron chi connectivity index (χ4n) is 4.17. The van der Waals surface area contributed by atoms with E-state index in [4.69, 9.17) is 23.2 Å². The number of hydrogen-bond donors (Lipinski definition) is 0. The van der Waals surface area contributed by atoms with Crippen molar-refractivity contribution in [1.29, 1.82) is 0 Å². The number of likely N-dealkylation sites (N-methyl/N-ethyl adjacent to an activating group) is 2. The molecule has 33 heavy (non-hydrogen) atoms. The van der Waals surface area contributed by atoms with Crippen LogP contribution in [0, 0.1) is 5.82 Å². The molecule has 2 aromatic rings. The van der Waals surface area contributed by atoms with Gasteiger partial charge in [-0.3, -0.25) is 9.69 Å². The van der Waals surface area contributed by atoms with Gasteiger partial charge in [-0.15, -0.1) is 0 Å². The maximum Gasteiger partial charge on any atom is 0.419 e. The molecule has 4 nitrogen and oxygen atoms in total. The zero-order valence-electron chi connectivity index (χ0n) is 18.5. The Labute approximate surface area is 200 Å². The molecule has 1 unspecified atom stereocenters. The Hall–Kier alpha value is -1.87. The minimum absolute atomic E-state index is 0.0264. The second-order valence-electron chi connectivity index (χ2n) is 8.61. The lowest BCUT2D eigenvalue weighted by molar-refractivity contribution is -0.140. The smallest absolute Gasteiger partial charge is 0.339 e. The number of nitrogens with zero attached hydrogens (tertiary/aromatic N) is 3. The second kappa shape index (κ2) is 10.2. The maximum atomic E-state index is 14.1. The Morgan fingerprint density at radius 2 is 1.76 bits per heavy atom. The lowest BCUT2D eigenvalue weighted by Crippen LogP contribution is -2.40. The van der Waals surface area contributed by atoms with Crippen LogP contribution in [0.15, 0.2) is 36.4 Å². The third kappa shape index (κ3) is 6.18. The first-order chi connectivity index (χ1) is 15.4. The van der Waals surface area contributed by atoms with Crippen LogP contribution in [0.5, 0.6) is 0 Å². The number of amides is 1. The van der Waals surface area contributed by atoms with Crippen LogP contribution in [-0.4, -0.2) is 67.4 Å². The van der Waals surface area contributed by atoms with E-state index in [0.29, 0.717) is 28.7 Å². The van der Waals surface area contributed by atoms with E-state index >= 15 is 0 Å². The van der Waals surface area contributed by atoms with Gasteiger partial charge in [-0.1, -0.05) is 35.3 Å². The average molecular weight is 506 g/mol. The van der Waals surface area contributed by atoms with Crippen molar-refractivity contribution in [3.63, 3.8) is 0 Å². The molecule has 0 N–H and O–H groups in total. The molecule has 0 aromatic heterocycles. The zero-order valence-corrected chi connectivity index (χ0v) is 20.0. The molecule has 1 fully saturated rings. The standard InChI is InChI=1S/C23H25Cl2F4N3O/c1-30(2)13-22(33)32-11-16(15-5-7-18(24)19(25)9-15)21(12-32)31(3)10-14-4-6-17(20(26)8-14)23(27,28)29/h4-9,16,21H,10-13H2,1-3H3/t16-,21?/m1/s1. The molecule has 1 heterocycles. The fourth-order valence-corrected chi connectivity index (χ4v) is 4.48. The van der Waals surface area contributed by atoms with Gasteiger partial charge in [0.2, 0.25) is 5.91 Å². The zero-order chi connectivity index (χ0) is 24.5. The van der Waals surface area contributed by atoms with Gasteiger partial charge < -0.3 is 9.80 Å². The Bertz CT molecular complexity index is 1020. The molecule has 1 aliphatic heterocycles. The predicted molar refractivity (Wildman–Crippen MR) is 121 cm³/mol. The van der Waals surface area contributed by atoms with Gasteiger partial charge in [0.25, 0.3) is 0 Å². The third-order valence-electron chi connectivity index (χ3n) is 5.80. The van der Waals surface area contributed by atoms with Crippen LogP contribution in [0.3, 0.4) is 0 Å². The first kappa shape index (κ1) is 25.7. The van der Waals surface area contributed by atoms with Gasteiger partial charge in [0, 0.05) is 31.6 Å². The first-order valence-corrected chi connectivity index (χ1v) is 11.1. The Morgan fingerprint density at radius 3 is 2.33 bits per heavy atom. The van der Waals surface area contributed by atoms with Gasteiger partial charge >= 0.3 is 6.18 Å². The molecular weight excluding hydrogens is 481 g/mol. The molecule has 3 rings (SSSR count). The summed E-state index contributed by atoms with van der Waals surface area (Å²) in [5, 5.41) is 0.822. The van der Waals surface area contributed by atoms with Crippen molar-refractivity contribution in [3.8, 4) is 0 Å². The van der Waals surface area contributed by atoms with E-state index in [1.807, 2.05) is 32.1 Å². The molecule has 10 heteroatoms. The van der Waals surface area contributed by atoms with Gasteiger partial charge in [-0.2, -0.15) is 13.2 Å². The quantitative estimate of drug-likeness (QED) is 0.508. The van der Waals surface area contributed by atoms with Crippen molar-refractivity contribution in [2.24, 2.45) is 0 Å². The Morgan fingerprint density at radius 1 is 1.06 bits per heavy atom. The number of rotatable bonds is 6. The van der Waals surface area contributed by atoms with Crippen molar-refractivity contribution in [2.75, 3.05) is 40.8 Å². The number of carbonyl (C=O) groups excluding carboxylic acids is 1. The number of hydrogen-bond acceptors (Lipinski definition) is 3. The van der Waals surface area contributed by atoms with E-state index in [0.717, 1.165) is 17.7 Å². The summed E-state index contributed by atoms with van der Waals surface area (Å²) in [4.78, 5) is 18.2. The topological polar surface area (TPSA) is 26.8 Å². The third-order valence-corrected chi connectivity index (χ3v) is 6.54. The van der Waals surface area contributed by atoms with E-state index < -0.39 is 17.6 Å². The van der Waals surface area contributed by atoms with Crippen molar-refractivity contribution in [3.05, 3.63) is 69.0 Å². The largest absolute Gasteiger partial charge is 0.419 e. The highest BCUT2D eigenvalue weighted by Gasteiger charge is 2.39. The highest BCUT2D eigenvalue weighted by atomic mass is 35.5. The van der Waals surface area contributed by atoms with Crippen molar-refractivity contribution >= 4 is 29.1 Å². The summed E-state index contributed by atoms with van der Waals surface area (Å²) in [6.07, 6.45) is -4.74. The minimum atomic E-state index is -4.74. The molecular formula is C23H25Cl2F4N3O. The molecule has 0 bridgehead atoms. The van der Waals surface area contributed by atoms with Crippen molar-refractivity contribution < 1.29 is 22.4 Å². The highest BCUT2D eigenvalue weighted by molar-refractivity contribution is 6.42. The monoisotopic (exact) mass is 505 g/mol. The van der Waals surface area contributed by atoms with Crippen LogP contribution < -0.4 is 0 Å². The fraction of sp³-hybridized carbons (Fsp3) is 0.435. The minimum Gasteiger partial charge on any atom is -0.339 e. The summed E-state index contributed by atoms with van der Waals surface area (Å²) < 4.78 is 52.7. The van der Waals surface area contributed by atoms with Crippen LogP contribution >= 0.6 is 23.2 Å². The Balaban J connectivity index is 1.85. The summed E-state index contributed by atoms with van der Waals surface area (Å²) in [5.74, 6) is -1.43. The molecule has 1 amide bonds. The number of carbonyl (C=O) groups is 1.